The van der Waals surface area contributed by atoms with Gasteiger partial charge < -0.3 is 9.47 Å². The van der Waals surface area contributed by atoms with E-state index in [0.29, 0.717) is 30.6 Å². The maximum Gasteiger partial charge on any atom is 0.183 e. The van der Waals surface area contributed by atoms with Crippen LogP contribution in [0.2, 0.25) is 0 Å². The minimum atomic E-state index is -0.517. The minimum Gasteiger partial charge on any atom is -0.348 e. The summed E-state index contributed by atoms with van der Waals surface area (Å²) < 4.78 is 25.7. The van der Waals surface area contributed by atoms with Gasteiger partial charge in [-0.25, -0.2) is 4.39 Å². The normalized spacial score (nSPS) is 27.0. The summed E-state index contributed by atoms with van der Waals surface area (Å²) in [6.45, 7) is 3.63. The van der Waals surface area contributed by atoms with Crippen molar-refractivity contribution in [1.29, 1.82) is 5.26 Å². The van der Waals surface area contributed by atoms with Gasteiger partial charge in [-0.1, -0.05) is 77.2 Å². The lowest BCUT2D eigenvalue weighted by Gasteiger charge is -2.38. The second-order valence-electron chi connectivity index (χ2n) is 9.30. The van der Waals surface area contributed by atoms with Crippen molar-refractivity contribution in [2.45, 2.75) is 90.3 Å². The van der Waals surface area contributed by atoms with Gasteiger partial charge in [-0.05, 0) is 36.8 Å². The Hall–Kier alpha value is -1.44. The number of benzene rings is 1. The highest BCUT2D eigenvalue weighted by molar-refractivity contribution is 5.33. The van der Waals surface area contributed by atoms with Gasteiger partial charge in [0.05, 0.1) is 18.8 Å². The van der Waals surface area contributed by atoms with Gasteiger partial charge in [-0.2, -0.15) is 5.26 Å². The molecule has 0 radical (unpaired) electrons. The molecule has 1 saturated carbocycles. The van der Waals surface area contributed by atoms with E-state index in [1.165, 1.54) is 89.2 Å². The van der Waals surface area contributed by atoms with Crippen LogP contribution in [0.1, 0.15) is 101 Å². The number of unbranched alkanes of at least 4 members (excludes halogenated alkanes) is 6. The monoisotopic (exact) mass is 415 g/mol. The van der Waals surface area contributed by atoms with E-state index in [-0.39, 0.29) is 5.56 Å². The Labute approximate surface area is 182 Å². The molecule has 0 unspecified atom stereocenters. The molecule has 0 atom stereocenters. The molecule has 1 aromatic rings. The minimum absolute atomic E-state index is 0.0562. The molecule has 166 valence electrons. The summed E-state index contributed by atoms with van der Waals surface area (Å²) in [6, 6.07) is 6.43. The summed E-state index contributed by atoms with van der Waals surface area (Å²) in [4.78, 5) is 0. The first-order valence-electron chi connectivity index (χ1n) is 12.1. The van der Waals surface area contributed by atoms with Gasteiger partial charge in [-0.3, -0.25) is 0 Å². The zero-order valence-electron chi connectivity index (χ0n) is 18.6. The van der Waals surface area contributed by atoms with Gasteiger partial charge >= 0.3 is 0 Å². The Morgan fingerprint density at radius 1 is 0.933 bits per heavy atom. The number of ether oxygens (including phenoxy) is 2. The van der Waals surface area contributed by atoms with E-state index in [1.807, 2.05) is 6.07 Å². The zero-order valence-corrected chi connectivity index (χ0v) is 18.6. The molecule has 0 spiro atoms. The number of nitriles is 1. The largest absolute Gasteiger partial charge is 0.348 e. The standard InChI is InChI=1S/C26H38FNO2/c1-2-3-4-5-6-7-8-9-20-10-12-21(13-11-20)24-18-29-26(30-19-24)22-14-15-23(17-28)25(27)16-22/h14-16,20-21,24,26H,2-13,18-19H2,1H3. The van der Waals surface area contributed by atoms with Crippen molar-refractivity contribution in [2.75, 3.05) is 13.2 Å². The van der Waals surface area contributed by atoms with Crippen molar-refractivity contribution in [3.05, 3.63) is 35.1 Å². The summed E-state index contributed by atoms with van der Waals surface area (Å²) in [5.41, 5.74) is 0.712. The molecule has 1 aliphatic heterocycles. The van der Waals surface area contributed by atoms with Crippen LogP contribution < -0.4 is 0 Å². The highest BCUT2D eigenvalue weighted by Crippen LogP contribution is 2.39. The van der Waals surface area contributed by atoms with E-state index >= 15 is 0 Å². The fraction of sp³-hybridized carbons (Fsp3) is 0.731. The van der Waals surface area contributed by atoms with E-state index in [1.54, 1.807) is 6.07 Å². The van der Waals surface area contributed by atoms with Gasteiger partial charge in [0.1, 0.15) is 11.9 Å². The molecular weight excluding hydrogens is 377 g/mol. The molecular formula is C26H38FNO2. The Morgan fingerprint density at radius 2 is 1.60 bits per heavy atom. The fourth-order valence-electron chi connectivity index (χ4n) is 5.09. The van der Waals surface area contributed by atoms with Crippen molar-refractivity contribution in [3.63, 3.8) is 0 Å². The lowest BCUT2D eigenvalue weighted by atomic mass is 9.74. The summed E-state index contributed by atoms with van der Waals surface area (Å²) in [5.74, 6) is 1.54. The Morgan fingerprint density at radius 3 is 2.23 bits per heavy atom. The second kappa shape index (κ2) is 12.4. The molecule has 2 fully saturated rings. The molecule has 0 N–H and O–H groups in total. The van der Waals surface area contributed by atoms with Crippen LogP contribution in [-0.4, -0.2) is 13.2 Å². The van der Waals surface area contributed by atoms with Crippen LogP contribution >= 0.6 is 0 Å². The van der Waals surface area contributed by atoms with Gasteiger partial charge in [-0.15, -0.1) is 0 Å². The first kappa shape index (κ1) is 23.2. The summed E-state index contributed by atoms with van der Waals surface area (Å²) in [7, 11) is 0. The Balaban J connectivity index is 1.32. The number of halogens is 1. The maximum absolute atomic E-state index is 13.9. The van der Waals surface area contributed by atoms with Crippen molar-refractivity contribution in [3.8, 4) is 6.07 Å². The van der Waals surface area contributed by atoms with E-state index in [2.05, 4.69) is 6.92 Å². The van der Waals surface area contributed by atoms with Gasteiger partial charge in [0, 0.05) is 11.5 Å². The van der Waals surface area contributed by atoms with Crippen molar-refractivity contribution >= 4 is 0 Å². The van der Waals surface area contributed by atoms with Crippen LogP contribution in [0.3, 0.4) is 0 Å². The van der Waals surface area contributed by atoms with E-state index in [9.17, 15) is 4.39 Å². The molecule has 3 rings (SSSR count). The SMILES string of the molecule is CCCCCCCCCC1CCC(C2COC(c3ccc(C#N)c(F)c3)OC2)CC1. The van der Waals surface area contributed by atoms with Crippen molar-refractivity contribution < 1.29 is 13.9 Å². The molecule has 30 heavy (non-hydrogen) atoms. The van der Waals surface area contributed by atoms with Gasteiger partial charge in [0.2, 0.25) is 0 Å². The first-order chi connectivity index (χ1) is 14.7. The predicted octanol–water partition coefficient (Wildman–Crippen LogP) is 7.31. The third-order valence-electron chi connectivity index (χ3n) is 7.08. The maximum atomic E-state index is 13.9. The van der Waals surface area contributed by atoms with Crippen LogP contribution in [0.5, 0.6) is 0 Å². The van der Waals surface area contributed by atoms with E-state index in [0.717, 1.165) is 5.92 Å². The third kappa shape index (κ3) is 6.79. The first-order valence-corrected chi connectivity index (χ1v) is 12.1. The molecule has 1 aromatic carbocycles. The molecule has 1 heterocycles. The van der Waals surface area contributed by atoms with E-state index < -0.39 is 12.1 Å². The predicted molar refractivity (Wildman–Crippen MR) is 117 cm³/mol. The van der Waals surface area contributed by atoms with Crippen LogP contribution in [0.4, 0.5) is 4.39 Å². The molecule has 0 amide bonds. The lowest BCUT2D eigenvalue weighted by molar-refractivity contribution is -0.214. The van der Waals surface area contributed by atoms with Crippen LogP contribution in [-0.2, 0) is 9.47 Å². The third-order valence-corrected chi connectivity index (χ3v) is 7.08. The van der Waals surface area contributed by atoms with Gasteiger partial charge in [0.15, 0.2) is 6.29 Å². The summed E-state index contributed by atoms with van der Waals surface area (Å²) in [5, 5.41) is 8.86. The average Bonchev–Trinajstić information content (AvgIpc) is 2.79. The highest BCUT2D eigenvalue weighted by Gasteiger charge is 2.32. The van der Waals surface area contributed by atoms with Crippen LogP contribution in [0.25, 0.3) is 0 Å². The quantitative estimate of drug-likeness (QED) is 0.376. The topological polar surface area (TPSA) is 42.2 Å². The number of rotatable bonds is 10. The lowest BCUT2D eigenvalue weighted by Crippen LogP contribution is -2.34. The Bertz CT molecular complexity index is 670. The smallest absolute Gasteiger partial charge is 0.183 e. The van der Waals surface area contributed by atoms with Gasteiger partial charge in [0.25, 0.3) is 0 Å². The van der Waals surface area contributed by atoms with E-state index in [4.69, 9.17) is 14.7 Å². The average molecular weight is 416 g/mol. The second-order valence-corrected chi connectivity index (χ2v) is 9.30. The molecule has 1 saturated heterocycles. The highest BCUT2D eigenvalue weighted by atomic mass is 19.1. The van der Waals surface area contributed by atoms with Crippen LogP contribution in [0.15, 0.2) is 18.2 Å². The molecule has 2 aliphatic rings. The summed E-state index contributed by atoms with van der Waals surface area (Å²) in [6.07, 6.45) is 15.9. The molecule has 1 aliphatic carbocycles. The molecule has 0 aromatic heterocycles. The number of nitrogens with zero attached hydrogens (tertiary/aromatic N) is 1. The molecule has 3 nitrogen and oxygen atoms in total. The Kier molecular flexibility index (Phi) is 9.62. The fourth-order valence-corrected chi connectivity index (χ4v) is 5.09. The zero-order chi connectivity index (χ0) is 21.2. The molecule has 0 bridgehead atoms. The van der Waals surface area contributed by atoms with Crippen molar-refractivity contribution in [2.24, 2.45) is 17.8 Å². The van der Waals surface area contributed by atoms with Crippen molar-refractivity contribution in [1.82, 2.24) is 0 Å². The van der Waals surface area contributed by atoms with Crippen LogP contribution in [0, 0.1) is 34.9 Å². The number of hydrogen-bond acceptors (Lipinski definition) is 3. The molecule has 4 heteroatoms. The summed E-state index contributed by atoms with van der Waals surface area (Å²) >= 11 is 0. The number of hydrogen-bond donors (Lipinski definition) is 0.